The Labute approximate surface area is 167 Å². The third-order valence-corrected chi connectivity index (χ3v) is 4.05. The maximum atomic E-state index is 12.3. The molecule has 7 nitrogen and oxygen atoms in total. The van der Waals surface area contributed by atoms with Crippen molar-refractivity contribution in [2.45, 2.75) is 6.92 Å². The van der Waals surface area contributed by atoms with Gasteiger partial charge in [0.15, 0.2) is 6.61 Å². The number of amides is 2. The standard InChI is InChI=1S/C22H18N4O3/c1-15(27)25-18-9-6-17(7-10-18)22(28)26-24-14-20-19-5-3-2-4-16(19)8-11-21(20)29-13-12-23/h2-11,14H,13H2,1H3,(H,25,27)(H,26,28)/b24-14-. The zero-order chi connectivity index (χ0) is 20.6. The van der Waals surface area contributed by atoms with E-state index in [-0.39, 0.29) is 12.5 Å². The molecule has 3 aromatic rings. The predicted molar refractivity (Wildman–Crippen MR) is 111 cm³/mol. The molecular weight excluding hydrogens is 368 g/mol. The molecule has 144 valence electrons. The molecule has 0 aromatic heterocycles. The summed E-state index contributed by atoms with van der Waals surface area (Å²) in [6.45, 7) is 1.32. The summed E-state index contributed by atoms with van der Waals surface area (Å²) in [5.74, 6) is -0.0745. The average Bonchev–Trinajstić information content (AvgIpc) is 2.73. The molecule has 0 unspecified atom stereocenters. The van der Waals surface area contributed by atoms with Gasteiger partial charge in [0.05, 0.1) is 6.21 Å². The lowest BCUT2D eigenvalue weighted by Gasteiger charge is -2.09. The summed E-state index contributed by atoms with van der Waals surface area (Å²) in [6.07, 6.45) is 1.50. The minimum Gasteiger partial charge on any atom is -0.478 e. The van der Waals surface area contributed by atoms with Gasteiger partial charge >= 0.3 is 0 Å². The quantitative estimate of drug-likeness (QED) is 0.500. The van der Waals surface area contributed by atoms with Crippen LogP contribution in [0.1, 0.15) is 22.8 Å². The number of rotatable bonds is 6. The van der Waals surface area contributed by atoms with E-state index < -0.39 is 5.91 Å². The molecule has 0 bridgehead atoms. The monoisotopic (exact) mass is 386 g/mol. The molecule has 0 spiro atoms. The number of carbonyl (C=O) groups is 2. The van der Waals surface area contributed by atoms with Crippen molar-refractivity contribution < 1.29 is 14.3 Å². The second-order valence-corrected chi connectivity index (χ2v) is 6.10. The largest absolute Gasteiger partial charge is 0.478 e. The highest BCUT2D eigenvalue weighted by molar-refractivity contribution is 6.03. The number of hydrogen-bond donors (Lipinski definition) is 2. The minimum atomic E-state index is -0.393. The number of anilines is 1. The number of hydrogen-bond acceptors (Lipinski definition) is 5. The van der Waals surface area contributed by atoms with E-state index in [1.807, 2.05) is 36.4 Å². The fourth-order valence-electron chi connectivity index (χ4n) is 2.77. The summed E-state index contributed by atoms with van der Waals surface area (Å²) in [7, 11) is 0. The second kappa shape index (κ2) is 9.15. The number of fused-ring (bicyclic) bond motifs is 1. The first kappa shape index (κ1) is 19.6. The third kappa shape index (κ3) is 4.96. The molecule has 0 heterocycles. The van der Waals surface area contributed by atoms with Gasteiger partial charge in [0.25, 0.3) is 5.91 Å². The number of benzene rings is 3. The molecule has 3 aromatic carbocycles. The van der Waals surface area contributed by atoms with Crippen LogP contribution in [0.5, 0.6) is 5.75 Å². The van der Waals surface area contributed by atoms with Gasteiger partial charge in [-0.1, -0.05) is 30.3 Å². The molecule has 0 saturated carbocycles. The molecule has 0 fully saturated rings. The number of carbonyl (C=O) groups excluding carboxylic acids is 2. The Bertz CT molecular complexity index is 1120. The van der Waals surface area contributed by atoms with Crippen LogP contribution < -0.4 is 15.5 Å². The van der Waals surface area contributed by atoms with Gasteiger partial charge in [0, 0.05) is 23.7 Å². The number of nitriles is 1. The number of nitrogens with zero attached hydrogens (tertiary/aromatic N) is 2. The van der Waals surface area contributed by atoms with Gasteiger partial charge in [-0.15, -0.1) is 0 Å². The molecule has 2 N–H and O–H groups in total. The van der Waals surface area contributed by atoms with Crippen LogP contribution in [0.15, 0.2) is 65.8 Å². The maximum absolute atomic E-state index is 12.3. The lowest BCUT2D eigenvalue weighted by Crippen LogP contribution is -2.17. The molecule has 0 aliphatic carbocycles. The van der Waals surface area contributed by atoms with Crippen LogP contribution in [0.3, 0.4) is 0 Å². The molecule has 2 amide bonds. The zero-order valence-corrected chi connectivity index (χ0v) is 15.7. The number of hydrazone groups is 1. The summed E-state index contributed by atoms with van der Waals surface area (Å²) in [6, 6.07) is 19.7. The van der Waals surface area contributed by atoms with Crippen molar-refractivity contribution in [3.8, 4) is 11.8 Å². The SMILES string of the molecule is CC(=O)Nc1ccc(C(=O)N/N=C\c2c(OCC#N)ccc3ccccc23)cc1. The summed E-state index contributed by atoms with van der Waals surface area (Å²) in [4.78, 5) is 23.4. The normalized spacial score (nSPS) is 10.5. The van der Waals surface area contributed by atoms with E-state index in [2.05, 4.69) is 15.8 Å². The Hall–Kier alpha value is -4.18. The zero-order valence-electron chi connectivity index (χ0n) is 15.7. The molecule has 7 heteroatoms. The van der Waals surface area contributed by atoms with Gasteiger partial charge < -0.3 is 10.1 Å². The van der Waals surface area contributed by atoms with Gasteiger partial charge in [0.2, 0.25) is 5.91 Å². The summed E-state index contributed by atoms with van der Waals surface area (Å²) < 4.78 is 5.48. The summed E-state index contributed by atoms with van der Waals surface area (Å²) in [5, 5.41) is 17.3. The van der Waals surface area contributed by atoms with Crippen LogP contribution in [0.2, 0.25) is 0 Å². The first-order valence-corrected chi connectivity index (χ1v) is 8.81. The van der Waals surface area contributed by atoms with Crippen molar-refractivity contribution in [1.29, 1.82) is 5.26 Å². The smallest absolute Gasteiger partial charge is 0.271 e. The molecule has 0 radical (unpaired) electrons. The molecular formula is C22H18N4O3. The fourth-order valence-corrected chi connectivity index (χ4v) is 2.77. The molecule has 0 aliphatic rings. The van der Waals surface area contributed by atoms with E-state index in [1.165, 1.54) is 13.1 Å². The van der Waals surface area contributed by atoms with E-state index in [9.17, 15) is 9.59 Å². The molecule has 0 aliphatic heterocycles. The van der Waals surface area contributed by atoms with Crippen molar-refractivity contribution >= 4 is 34.5 Å². The molecule has 0 atom stereocenters. The predicted octanol–water partition coefficient (Wildman–Crippen LogP) is 3.46. The molecule has 29 heavy (non-hydrogen) atoms. The van der Waals surface area contributed by atoms with Crippen LogP contribution in [0, 0.1) is 11.3 Å². The van der Waals surface area contributed by atoms with Crippen molar-refractivity contribution in [2.75, 3.05) is 11.9 Å². The Morgan fingerprint density at radius 2 is 1.86 bits per heavy atom. The van der Waals surface area contributed by atoms with Crippen LogP contribution in [-0.4, -0.2) is 24.6 Å². The van der Waals surface area contributed by atoms with Crippen molar-refractivity contribution in [3.63, 3.8) is 0 Å². The number of nitrogens with one attached hydrogen (secondary N) is 2. The van der Waals surface area contributed by atoms with Crippen LogP contribution in [0.25, 0.3) is 10.8 Å². The number of ether oxygens (including phenoxy) is 1. The van der Waals surface area contributed by atoms with E-state index >= 15 is 0 Å². The average molecular weight is 386 g/mol. The highest BCUT2D eigenvalue weighted by Gasteiger charge is 2.08. The highest BCUT2D eigenvalue weighted by atomic mass is 16.5. The van der Waals surface area contributed by atoms with Crippen LogP contribution in [0.4, 0.5) is 5.69 Å². The van der Waals surface area contributed by atoms with Crippen LogP contribution in [-0.2, 0) is 4.79 Å². The lowest BCUT2D eigenvalue weighted by molar-refractivity contribution is -0.114. The van der Waals surface area contributed by atoms with E-state index in [0.29, 0.717) is 22.6 Å². The van der Waals surface area contributed by atoms with Gasteiger partial charge in [-0.3, -0.25) is 9.59 Å². The van der Waals surface area contributed by atoms with E-state index in [1.54, 1.807) is 30.3 Å². The Morgan fingerprint density at radius 1 is 1.10 bits per heavy atom. The molecule has 3 rings (SSSR count). The second-order valence-electron chi connectivity index (χ2n) is 6.10. The Kier molecular flexibility index (Phi) is 6.18. The van der Waals surface area contributed by atoms with Gasteiger partial charge in [-0.2, -0.15) is 10.4 Å². The highest BCUT2D eigenvalue weighted by Crippen LogP contribution is 2.26. The maximum Gasteiger partial charge on any atom is 0.271 e. The van der Waals surface area contributed by atoms with E-state index in [0.717, 1.165) is 10.8 Å². The van der Waals surface area contributed by atoms with Gasteiger partial charge in [0.1, 0.15) is 11.8 Å². The fraction of sp³-hybridized carbons (Fsp3) is 0.0909. The topological polar surface area (TPSA) is 104 Å². The lowest BCUT2D eigenvalue weighted by atomic mass is 10.0. The summed E-state index contributed by atoms with van der Waals surface area (Å²) in [5.41, 5.74) is 4.15. The Morgan fingerprint density at radius 3 is 2.59 bits per heavy atom. The van der Waals surface area contributed by atoms with Crippen LogP contribution >= 0.6 is 0 Å². The first-order chi connectivity index (χ1) is 14.1. The van der Waals surface area contributed by atoms with Crippen molar-refractivity contribution in [1.82, 2.24) is 5.43 Å². The Balaban J connectivity index is 1.78. The van der Waals surface area contributed by atoms with Crippen molar-refractivity contribution in [2.24, 2.45) is 5.10 Å². The summed E-state index contributed by atoms with van der Waals surface area (Å²) >= 11 is 0. The van der Waals surface area contributed by atoms with Gasteiger partial charge in [-0.25, -0.2) is 5.43 Å². The first-order valence-electron chi connectivity index (χ1n) is 8.81. The van der Waals surface area contributed by atoms with Crippen molar-refractivity contribution in [3.05, 3.63) is 71.8 Å². The molecule has 0 saturated heterocycles. The minimum absolute atomic E-state index is 0.0911. The van der Waals surface area contributed by atoms with Gasteiger partial charge in [-0.05, 0) is 41.1 Å². The third-order valence-electron chi connectivity index (χ3n) is 4.05. The van der Waals surface area contributed by atoms with E-state index in [4.69, 9.17) is 10.00 Å².